The van der Waals surface area contributed by atoms with Gasteiger partial charge in [0.25, 0.3) is 0 Å². The highest BCUT2D eigenvalue weighted by molar-refractivity contribution is 9.10. The molecule has 1 aliphatic carbocycles. The van der Waals surface area contributed by atoms with Gasteiger partial charge in [0.1, 0.15) is 0 Å². The number of aromatic nitrogens is 1. The van der Waals surface area contributed by atoms with E-state index in [4.69, 9.17) is 0 Å². The van der Waals surface area contributed by atoms with Crippen molar-refractivity contribution in [2.45, 2.75) is 19.3 Å². The van der Waals surface area contributed by atoms with Crippen molar-refractivity contribution in [1.82, 2.24) is 10.3 Å². The van der Waals surface area contributed by atoms with Gasteiger partial charge < -0.3 is 10.6 Å². The standard InChI is InChI=1S/C16H18BrN3OS/c17-13-5-3-11(4-6-13)7-14-9-19-16(22-14)20-15(21)10-18-8-12-1-2-12/h3-6,9,12,18H,1-2,7-8,10H2,(H,19,20,21). The molecule has 22 heavy (non-hydrogen) atoms. The van der Waals surface area contributed by atoms with Crippen LogP contribution in [-0.4, -0.2) is 24.0 Å². The van der Waals surface area contributed by atoms with Crippen LogP contribution in [0.25, 0.3) is 0 Å². The van der Waals surface area contributed by atoms with Gasteiger partial charge in [-0.3, -0.25) is 4.79 Å². The minimum atomic E-state index is -0.0230. The number of hydrogen-bond acceptors (Lipinski definition) is 4. The summed E-state index contributed by atoms with van der Waals surface area (Å²) in [5, 5.41) is 6.70. The van der Waals surface area contributed by atoms with Crippen molar-refractivity contribution in [2.24, 2.45) is 5.92 Å². The lowest BCUT2D eigenvalue weighted by Gasteiger charge is -2.03. The topological polar surface area (TPSA) is 54.0 Å². The fraction of sp³-hybridized carbons (Fsp3) is 0.375. The molecule has 0 spiro atoms. The zero-order valence-corrected chi connectivity index (χ0v) is 14.5. The van der Waals surface area contributed by atoms with Gasteiger partial charge in [0.05, 0.1) is 6.54 Å². The number of nitrogens with one attached hydrogen (secondary N) is 2. The third-order valence-corrected chi connectivity index (χ3v) is 4.95. The van der Waals surface area contributed by atoms with Crippen molar-refractivity contribution in [3.8, 4) is 0 Å². The van der Waals surface area contributed by atoms with Crippen LogP contribution in [0.3, 0.4) is 0 Å². The van der Waals surface area contributed by atoms with Crippen molar-refractivity contribution < 1.29 is 4.79 Å². The molecule has 2 N–H and O–H groups in total. The van der Waals surface area contributed by atoms with Crippen LogP contribution in [0, 0.1) is 5.92 Å². The van der Waals surface area contributed by atoms with Crippen LogP contribution in [0.15, 0.2) is 34.9 Å². The molecule has 0 bridgehead atoms. The minimum Gasteiger partial charge on any atom is -0.308 e. The molecule has 3 rings (SSSR count). The van der Waals surface area contributed by atoms with E-state index in [0.717, 1.165) is 28.2 Å². The Morgan fingerprint density at radius 2 is 2.09 bits per heavy atom. The molecule has 0 aliphatic heterocycles. The Bertz CT molecular complexity index is 637. The van der Waals surface area contributed by atoms with E-state index in [-0.39, 0.29) is 5.91 Å². The number of carbonyl (C=O) groups is 1. The molecule has 0 unspecified atom stereocenters. The second-order valence-corrected chi connectivity index (χ2v) is 7.59. The molecule has 6 heteroatoms. The Kier molecular flexibility index (Phi) is 5.23. The summed E-state index contributed by atoms with van der Waals surface area (Å²) in [6.07, 6.45) is 5.25. The van der Waals surface area contributed by atoms with Crippen molar-refractivity contribution in [2.75, 3.05) is 18.4 Å². The lowest BCUT2D eigenvalue weighted by atomic mass is 10.1. The predicted octanol–water partition coefficient (Wildman–Crippen LogP) is 3.43. The zero-order valence-electron chi connectivity index (χ0n) is 12.1. The normalized spacial score (nSPS) is 14.0. The molecule has 4 nitrogen and oxygen atoms in total. The molecule has 1 heterocycles. The first-order valence-electron chi connectivity index (χ1n) is 7.39. The van der Waals surface area contributed by atoms with Crippen LogP contribution in [0.5, 0.6) is 0 Å². The molecule has 116 valence electrons. The highest BCUT2D eigenvalue weighted by Gasteiger charge is 2.20. The Hall–Kier alpha value is -1.24. The van der Waals surface area contributed by atoms with Gasteiger partial charge in [-0.1, -0.05) is 28.1 Å². The van der Waals surface area contributed by atoms with Gasteiger partial charge >= 0.3 is 0 Å². The zero-order chi connectivity index (χ0) is 15.4. The number of anilines is 1. The Morgan fingerprint density at radius 3 is 2.82 bits per heavy atom. The second kappa shape index (κ2) is 7.35. The highest BCUT2D eigenvalue weighted by Crippen LogP contribution is 2.27. The third kappa shape index (κ3) is 4.90. The first-order chi connectivity index (χ1) is 10.7. The maximum absolute atomic E-state index is 11.8. The van der Waals surface area contributed by atoms with Gasteiger partial charge in [-0.05, 0) is 43.0 Å². The lowest BCUT2D eigenvalue weighted by molar-refractivity contribution is -0.115. The first kappa shape index (κ1) is 15.6. The maximum Gasteiger partial charge on any atom is 0.240 e. The predicted molar refractivity (Wildman–Crippen MR) is 93.3 cm³/mol. The van der Waals surface area contributed by atoms with Gasteiger partial charge in [0.15, 0.2) is 5.13 Å². The van der Waals surface area contributed by atoms with E-state index >= 15 is 0 Å². The molecular weight excluding hydrogens is 362 g/mol. The van der Waals surface area contributed by atoms with Crippen LogP contribution >= 0.6 is 27.3 Å². The van der Waals surface area contributed by atoms with Crippen molar-refractivity contribution in [3.63, 3.8) is 0 Å². The Balaban J connectivity index is 1.47. The summed E-state index contributed by atoms with van der Waals surface area (Å²) in [6.45, 7) is 1.30. The Morgan fingerprint density at radius 1 is 1.32 bits per heavy atom. The smallest absolute Gasteiger partial charge is 0.240 e. The molecule has 0 radical (unpaired) electrons. The van der Waals surface area contributed by atoms with Crippen LogP contribution in [0.1, 0.15) is 23.3 Å². The molecule has 2 aromatic rings. The summed E-state index contributed by atoms with van der Waals surface area (Å²) in [6, 6.07) is 8.24. The summed E-state index contributed by atoms with van der Waals surface area (Å²) in [7, 11) is 0. The number of hydrogen-bond donors (Lipinski definition) is 2. The van der Waals surface area contributed by atoms with Gasteiger partial charge in [-0.2, -0.15) is 0 Å². The molecule has 1 saturated carbocycles. The van der Waals surface area contributed by atoms with Crippen molar-refractivity contribution in [1.29, 1.82) is 0 Å². The van der Waals surface area contributed by atoms with E-state index in [1.807, 2.05) is 18.3 Å². The fourth-order valence-corrected chi connectivity index (χ4v) is 3.25. The van der Waals surface area contributed by atoms with E-state index in [9.17, 15) is 4.79 Å². The maximum atomic E-state index is 11.8. The lowest BCUT2D eigenvalue weighted by Crippen LogP contribution is -2.29. The van der Waals surface area contributed by atoms with E-state index in [2.05, 4.69) is 43.7 Å². The summed E-state index contributed by atoms with van der Waals surface area (Å²) >= 11 is 4.96. The second-order valence-electron chi connectivity index (χ2n) is 5.56. The van der Waals surface area contributed by atoms with Crippen LogP contribution < -0.4 is 10.6 Å². The monoisotopic (exact) mass is 379 g/mol. The van der Waals surface area contributed by atoms with Crippen LogP contribution in [0.4, 0.5) is 5.13 Å². The summed E-state index contributed by atoms with van der Waals surface area (Å²) in [5.41, 5.74) is 1.23. The van der Waals surface area contributed by atoms with Gasteiger partial charge in [0.2, 0.25) is 5.91 Å². The molecule has 1 aliphatic rings. The number of amides is 1. The van der Waals surface area contributed by atoms with Gasteiger partial charge in [-0.15, -0.1) is 11.3 Å². The number of carbonyl (C=O) groups excluding carboxylic acids is 1. The molecule has 0 saturated heterocycles. The number of benzene rings is 1. The molecule has 1 aromatic heterocycles. The number of thiazole rings is 1. The molecule has 0 atom stereocenters. The summed E-state index contributed by atoms with van der Waals surface area (Å²) in [4.78, 5) is 17.2. The molecular formula is C16H18BrN3OS. The number of nitrogens with zero attached hydrogens (tertiary/aromatic N) is 1. The van der Waals surface area contributed by atoms with Crippen molar-refractivity contribution in [3.05, 3.63) is 45.4 Å². The number of rotatable bonds is 7. The van der Waals surface area contributed by atoms with E-state index in [1.54, 1.807) is 0 Å². The van der Waals surface area contributed by atoms with Crippen molar-refractivity contribution >= 4 is 38.3 Å². The quantitative estimate of drug-likeness (QED) is 0.774. The van der Waals surface area contributed by atoms with E-state index in [0.29, 0.717) is 11.7 Å². The fourth-order valence-electron chi connectivity index (χ4n) is 2.13. The summed E-state index contributed by atoms with van der Waals surface area (Å²) < 4.78 is 1.08. The average molecular weight is 380 g/mol. The SMILES string of the molecule is O=C(CNCC1CC1)Nc1ncc(Cc2ccc(Br)cc2)s1. The number of halogens is 1. The molecule has 1 amide bonds. The summed E-state index contributed by atoms with van der Waals surface area (Å²) in [5.74, 6) is 0.760. The molecule has 1 fully saturated rings. The van der Waals surface area contributed by atoms with E-state index in [1.165, 1.54) is 29.7 Å². The average Bonchev–Trinajstić information content (AvgIpc) is 3.22. The molecule has 1 aromatic carbocycles. The van der Waals surface area contributed by atoms with E-state index < -0.39 is 0 Å². The van der Waals surface area contributed by atoms with Crippen LogP contribution in [-0.2, 0) is 11.2 Å². The van der Waals surface area contributed by atoms with Crippen LogP contribution in [0.2, 0.25) is 0 Å². The van der Waals surface area contributed by atoms with Gasteiger partial charge in [-0.25, -0.2) is 4.98 Å². The first-order valence-corrected chi connectivity index (χ1v) is 9.00. The largest absolute Gasteiger partial charge is 0.308 e. The highest BCUT2D eigenvalue weighted by atomic mass is 79.9. The minimum absolute atomic E-state index is 0.0230. The van der Waals surface area contributed by atoms with Gasteiger partial charge in [0, 0.05) is 22.0 Å². The third-order valence-electron chi connectivity index (χ3n) is 3.51. The Labute approximate surface area is 142 Å².